The van der Waals surface area contributed by atoms with Gasteiger partial charge < -0.3 is 29.5 Å². The van der Waals surface area contributed by atoms with Crippen LogP contribution < -0.4 is 5.32 Å². The maximum absolute atomic E-state index is 13.8. The molecular weight excluding hydrogens is 570 g/mol. The minimum absolute atomic E-state index is 0.0376. The highest BCUT2D eigenvalue weighted by Gasteiger charge is 2.44. The van der Waals surface area contributed by atoms with Crippen LogP contribution in [0.15, 0.2) is 29.8 Å². The number of hydrogen-bond acceptors (Lipinski definition) is 9. The number of likely N-dealkylation sites (tertiary alicyclic amines) is 1. The summed E-state index contributed by atoms with van der Waals surface area (Å²) in [6.45, 7) is 13.9. The fourth-order valence-corrected chi connectivity index (χ4v) is 6.05. The molecule has 0 aliphatic carbocycles. The normalized spacial score (nSPS) is 18.6. The van der Waals surface area contributed by atoms with Crippen LogP contribution in [0.2, 0.25) is 0 Å². The van der Waals surface area contributed by atoms with Crippen molar-refractivity contribution >= 4 is 28.9 Å². The molecule has 11 heteroatoms. The van der Waals surface area contributed by atoms with E-state index in [0.717, 1.165) is 21.7 Å². The summed E-state index contributed by atoms with van der Waals surface area (Å²) in [7, 11) is 0. The summed E-state index contributed by atoms with van der Waals surface area (Å²) in [6, 6.07) is 6.45. The van der Waals surface area contributed by atoms with Crippen LogP contribution in [0.5, 0.6) is 0 Å². The molecule has 1 aromatic carbocycles. The van der Waals surface area contributed by atoms with Crippen LogP contribution in [0, 0.1) is 12.3 Å². The van der Waals surface area contributed by atoms with Gasteiger partial charge in [-0.15, -0.1) is 11.3 Å². The van der Waals surface area contributed by atoms with Gasteiger partial charge in [-0.3, -0.25) is 14.4 Å². The van der Waals surface area contributed by atoms with Gasteiger partial charge in [0.15, 0.2) is 12.1 Å². The molecular formula is C32H47N3O7S. The number of ether oxygens (including phenoxy) is 3. The van der Waals surface area contributed by atoms with E-state index in [9.17, 15) is 19.5 Å². The van der Waals surface area contributed by atoms with E-state index in [1.54, 1.807) is 11.3 Å². The van der Waals surface area contributed by atoms with Crippen LogP contribution in [0.25, 0.3) is 10.4 Å². The molecule has 1 aromatic heterocycles. The van der Waals surface area contributed by atoms with E-state index in [1.165, 1.54) is 4.90 Å². The van der Waals surface area contributed by atoms with Gasteiger partial charge in [0.2, 0.25) is 11.8 Å². The first-order chi connectivity index (χ1) is 20.3. The lowest BCUT2D eigenvalue weighted by Gasteiger charge is -2.35. The van der Waals surface area contributed by atoms with Crippen molar-refractivity contribution in [1.82, 2.24) is 15.2 Å². The Bertz CT molecular complexity index is 1200. The van der Waals surface area contributed by atoms with Crippen molar-refractivity contribution in [3.05, 3.63) is 41.0 Å². The van der Waals surface area contributed by atoms with Gasteiger partial charge in [0.25, 0.3) is 0 Å². The Morgan fingerprint density at radius 2 is 1.79 bits per heavy atom. The second-order valence-corrected chi connectivity index (χ2v) is 12.9. The third-order valence-electron chi connectivity index (χ3n) is 7.54. The first-order valence-corrected chi connectivity index (χ1v) is 15.9. The van der Waals surface area contributed by atoms with Crippen molar-refractivity contribution in [3.63, 3.8) is 0 Å². The van der Waals surface area contributed by atoms with Gasteiger partial charge in [-0.2, -0.15) is 0 Å². The molecule has 238 valence electrons. The van der Waals surface area contributed by atoms with Gasteiger partial charge in [0.1, 0.15) is 12.6 Å². The number of ketones is 1. The fourth-order valence-electron chi connectivity index (χ4n) is 5.24. The largest absolute Gasteiger partial charge is 0.391 e. The lowest BCUT2D eigenvalue weighted by molar-refractivity contribution is -0.169. The second-order valence-electron chi connectivity index (χ2n) is 12.1. The molecule has 10 nitrogen and oxygen atoms in total. The number of aryl methyl sites for hydroxylation is 1. The molecule has 0 radical (unpaired) electrons. The smallest absolute Gasteiger partial charge is 0.246 e. The molecule has 0 spiro atoms. The molecule has 2 amide bonds. The number of benzene rings is 1. The topological polar surface area (TPSA) is 127 Å². The molecule has 1 fully saturated rings. The molecule has 2 aromatic rings. The Hall–Kier alpha value is -2.70. The van der Waals surface area contributed by atoms with Crippen molar-refractivity contribution in [3.8, 4) is 10.4 Å². The van der Waals surface area contributed by atoms with Crippen LogP contribution >= 0.6 is 11.3 Å². The van der Waals surface area contributed by atoms with Gasteiger partial charge >= 0.3 is 0 Å². The van der Waals surface area contributed by atoms with E-state index in [2.05, 4.69) is 10.3 Å². The molecule has 4 atom stereocenters. The van der Waals surface area contributed by atoms with E-state index in [4.69, 9.17) is 14.2 Å². The van der Waals surface area contributed by atoms with Crippen LogP contribution in [-0.4, -0.2) is 90.0 Å². The molecule has 3 rings (SSSR count). The Kier molecular flexibility index (Phi) is 12.8. The predicted octanol–water partition coefficient (Wildman–Crippen LogP) is 4.09. The number of rotatable bonds is 15. The quantitative estimate of drug-likeness (QED) is 0.286. The molecule has 1 aliphatic heterocycles. The van der Waals surface area contributed by atoms with E-state index in [1.807, 2.05) is 78.2 Å². The maximum atomic E-state index is 13.8. The van der Waals surface area contributed by atoms with Crippen molar-refractivity contribution in [1.29, 1.82) is 0 Å². The Morgan fingerprint density at radius 1 is 1.14 bits per heavy atom. The summed E-state index contributed by atoms with van der Waals surface area (Å²) in [5, 5.41) is 13.3. The van der Waals surface area contributed by atoms with Gasteiger partial charge in [-0.1, -0.05) is 52.0 Å². The van der Waals surface area contributed by atoms with Crippen LogP contribution in [0.3, 0.4) is 0 Å². The molecule has 2 N–H and O–H groups in total. The van der Waals surface area contributed by atoms with Crippen LogP contribution in [-0.2, 0) is 28.6 Å². The van der Waals surface area contributed by atoms with E-state index in [0.29, 0.717) is 13.2 Å². The van der Waals surface area contributed by atoms with Crippen LogP contribution in [0.4, 0.5) is 0 Å². The number of β-amino-alcohol motifs (C(OH)–C–C–N with tert-alkyl or cyclic N) is 1. The lowest BCUT2D eigenvalue weighted by atomic mass is 9.85. The highest BCUT2D eigenvalue weighted by molar-refractivity contribution is 7.13. The first kappa shape index (κ1) is 34.8. The number of hydrogen-bond donors (Lipinski definition) is 2. The zero-order valence-electron chi connectivity index (χ0n) is 26.4. The summed E-state index contributed by atoms with van der Waals surface area (Å²) in [6.07, 6.45) is -1.00. The fraction of sp³-hybridized carbons (Fsp3) is 0.625. The second kappa shape index (κ2) is 15.9. The number of amides is 2. The zero-order valence-corrected chi connectivity index (χ0v) is 27.2. The average molecular weight is 618 g/mol. The molecule has 0 unspecified atom stereocenters. The van der Waals surface area contributed by atoms with E-state index < -0.39 is 41.7 Å². The molecule has 0 bridgehead atoms. The van der Waals surface area contributed by atoms with Crippen molar-refractivity contribution < 1.29 is 33.7 Å². The summed E-state index contributed by atoms with van der Waals surface area (Å²) < 4.78 is 16.4. The van der Waals surface area contributed by atoms with Crippen LogP contribution in [0.1, 0.15) is 71.6 Å². The monoisotopic (exact) mass is 617 g/mol. The number of carbonyl (C=O) groups is 3. The highest BCUT2D eigenvalue weighted by Crippen LogP contribution is 2.31. The number of aromatic nitrogens is 1. The van der Waals surface area contributed by atoms with Crippen molar-refractivity contribution in [2.45, 2.75) is 91.7 Å². The molecule has 1 saturated heterocycles. The lowest BCUT2D eigenvalue weighted by Crippen LogP contribution is -2.57. The van der Waals surface area contributed by atoms with Gasteiger partial charge in [0.05, 0.1) is 34.8 Å². The number of aliphatic hydroxyl groups excluding tert-OH is 1. The van der Waals surface area contributed by atoms with Gasteiger partial charge in [-0.05, 0) is 43.2 Å². The SMILES string of the molecule is CCOC(COCC(=O)N[C@H](C(=O)N1C[C@H](O)C[C@H]1C(=O)C[C@@H](C)c1ccc(-c2scnc2C)cc1)C(C)(C)C)OCC. The molecule has 1 aliphatic rings. The summed E-state index contributed by atoms with van der Waals surface area (Å²) in [4.78, 5) is 47.1. The average Bonchev–Trinajstić information content (AvgIpc) is 3.56. The standard InChI is InChI=1S/C32H47N3O7S/c1-8-41-28(42-9-2)18-40-17-27(38)34-30(32(5,6)7)31(39)35-16-24(36)15-25(35)26(37)14-20(3)22-10-12-23(13-11-22)29-21(4)33-19-43-29/h10-13,19-20,24-25,28,30,36H,8-9,14-18H2,1-7H3,(H,34,38)/t20-,24-,25+,30-/m1/s1. The Balaban J connectivity index is 1.64. The molecule has 2 heterocycles. The Labute approximate surface area is 259 Å². The van der Waals surface area contributed by atoms with Crippen molar-refractivity contribution in [2.24, 2.45) is 5.41 Å². The van der Waals surface area contributed by atoms with E-state index in [-0.39, 0.29) is 44.3 Å². The number of aliphatic hydroxyl groups is 1. The number of Topliss-reactive ketones (excluding diaryl/α,β-unsaturated/α-hetero) is 1. The third kappa shape index (κ3) is 9.64. The van der Waals surface area contributed by atoms with Gasteiger partial charge in [0, 0.05) is 32.6 Å². The summed E-state index contributed by atoms with van der Waals surface area (Å²) >= 11 is 1.59. The number of nitrogens with one attached hydrogen (secondary N) is 1. The van der Waals surface area contributed by atoms with E-state index >= 15 is 0 Å². The minimum atomic E-state index is -0.918. The number of nitrogens with zero attached hydrogens (tertiary/aromatic N) is 2. The minimum Gasteiger partial charge on any atom is -0.391 e. The Morgan fingerprint density at radius 3 is 2.35 bits per heavy atom. The summed E-state index contributed by atoms with van der Waals surface area (Å²) in [5.74, 6) is -1.05. The number of thiazole rings is 1. The van der Waals surface area contributed by atoms with Gasteiger partial charge in [-0.25, -0.2) is 4.98 Å². The molecule has 0 saturated carbocycles. The van der Waals surface area contributed by atoms with Crippen molar-refractivity contribution in [2.75, 3.05) is 33.0 Å². The first-order valence-electron chi connectivity index (χ1n) is 15.0. The maximum Gasteiger partial charge on any atom is 0.246 e. The summed E-state index contributed by atoms with van der Waals surface area (Å²) in [5.41, 5.74) is 4.26. The predicted molar refractivity (Wildman–Crippen MR) is 166 cm³/mol. The third-order valence-corrected chi connectivity index (χ3v) is 8.52. The number of carbonyl (C=O) groups excluding carboxylic acids is 3. The molecule has 43 heavy (non-hydrogen) atoms. The zero-order chi connectivity index (χ0) is 31.7. The highest BCUT2D eigenvalue weighted by atomic mass is 32.1.